The van der Waals surface area contributed by atoms with Crippen LogP contribution < -0.4 is 0 Å². The Balaban J connectivity index is 2.62. The van der Waals surface area contributed by atoms with Gasteiger partial charge in [0.2, 0.25) is 0 Å². The smallest absolute Gasteiger partial charge is 0.282 e. The predicted octanol–water partition coefficient (Wildman–Crippen LogP) is 4.35. The van der Waals surface area contributed by atoms with Gasteiger partial charge in [-0.15, -0.1) is 0 Å². The number of hydrogen-bond acceptors (Lipinski definition) is 4. The third kappa shape index (κ3) is 5.08. The van der Waals surface area contributed by atoms with E-state index in [0.29, 0.717) is 5.56 Å². The van der Waals surface area contributed by atoms with Crippen LogP contribution in [-0.2, 0) is 25.7 Å². The third-order valence-corrected chi connectivity index (χ3v) is 6.66. The minimum Gasteiger partial charge on any atom is -0.282 e. The van der Waals surface area contributed by atoms with Crippen molar-refractivity contribution in [1.82, 2.24) is 0 Å². The van der Waals surface area contributed by atoms with Crippen LogP contribution in [0, 0.1) is 6.92 Å². The molecule has 0 amide bonds. The molecule has 6 nitrogen and oxygen atoms in total. The van der Waals surface area contributed by atoms with Gasteiger partial charge in [0.25, 0.3) is 20.2 Å². The van der Waals surface area contributed by atoms with Crippen molar-refractivity contribution in [3.05, 3.63) is 58.7 Å². The molecular formula is C20H24O6S2. The van der Waals surface area contributed by atoms with Crippen LogP contribution in [0.2, 0.25) is 0 Å². The quantitative estimate of drug-likeness (QED) is 0.527. The summed E-state index contributed by atoms with van der Waals surface area (Å²) < 4.78 is 66.1. The molecule has 2 N–H and O–H groups in total. The lowest BCUT2D eigenvalue weighted by atomic mass is 9.82. The molecule has 0 saturated carbocycles. The topological polar surface area (TPSA) is 109 Å². The highest BCUT2D eigenvalue weighted by Crippen LogP contribution is 2.31. The van der Waals surface area contributed by atoms with Crippen LogP contribution in [0.3, 0.4) is 0 Å². The molecule has 28 heavy (non-hydrogen) atoms. The Bertz CT molecular complexity index is 1130. The molecular weight excluding hydrogens is 400 g/mol. The highest BCUT2D eigenvalue weighted by molar-refractivity contribution is 7.86. The van der Waals surface area contributed by atoms with Crippen molar-refractivity contribution in [2.45, 2.75) is 49.3 Å². The summed E-state index contributed by atoms with van der Waals surface area (Å²) in [6, 6.07) is 9.27. The maximum Gasteiger partial charge on any atom is 0.295 e. The molecule has 2 aromatic carbocycles. The largest absolute Gasteiger partial charge is 0.295 e. The highest BCUT2D eigenvalue weighted by atomic mass is 32.2. The van der Waals surface area contributed by atoms with Crippen molar-refractivity contribution < 1.29 is 25.9 Å². The van der Waals surface area contributed by atoms with Gasteiger partial charge in [-0.2, -0.15) is 16.8 Å². The van der Waals surface area contributed by atoms with Gasteiger partial charge in [0.1, 0.15) is 9.79 Å². The van der Waals surface area contributed by atoms with Gasteiger partial charge in [0, 0.05) is 0 Å². The monoisotopic (exact) mass is 424 g/mol. The maximum atomic E-state index is 11.9. The van der Waals surface area contributed by atoms with Crippen LogP contribution in [0.15, 0.2) is 46.2 Å². The summed E-state index contributed by atoms with van der Waals surface area (Å²) in [7, 11) is -8.94. The Morgan fingerprint density at radius 1 is 0.857 bits per heavy atom. The highest BCUT2D eigenvalue weighted by Gasteiger charge is 2.22. The van der Waals surface area contributed by atoms with Crippen LogP contribution in [0.4, 0.5) is 0 Å². The molecule has 8 heteroatoms. The fourth-order valence-corrected chi connectivity index (χ4v) is 4.18. The van der Waals surface area contributed by atoms with E-state index in [4.69, 9.17) is 0 Å². The first-order valence-corrected chi connectivity index (χ1v) is 11.5. The lowest BCUT2D eigenvalue weighted by Crippen LogP contribution is -2.16. The molecule has 2 aromatic rings. The van der Waals surface area contributed by atoms with Crippen LogP contribution in [0.5, 0.6) is 0 Å². The zero-order valence-corrected chi connectivity index (χ0v) is 17.8. The van der Waals surface area contributed by atoms with Gasteiger partial charge in [-0.1, -0.05) is 57.2 Å². The van der Waals surface area contributed by atoms with Crippen molar-refractivity contribution in [2.75, 3.05) is 0 Å². The van der Waals surface area contributed by atoms with Crippen LogP contribution in [0.1, 0.15) is 49.4 Å². The second kappa shape index (κ2) is 7.79. The van der Waals surface area contributed by atoms with Crippen LogP contribution >= 0.6 is 0 Å². The second-order valence-electron chi connectivity index (χ2n) is 7.31. The first-order chi connectivity index (χ1) is 12.8. The van der Waals surface area contributed by atoms with E-state index in [0.717, 1.165) is 12.0 Å². The minimum absolute atomic E-state index is 0.201. The van der Waals surface area contributed by atoms with Gasteiger partial charge in [0.05, 0.1) is 0 Å². The molecule has 2 rings (SSSR count). The number of hydrogen-bond donors (Lipinski definition) is 2. The Morgan fingerprint density at radius 2 is 1.32 bits per heavy atom. The zero-order chi connectivity index (χ0) is 21.3. The zero-order valence-electron chi connectivity index (χ0n) is 16.2. The summed E-state index contributed by atoms with van der Waals surface area (Å²) >= 11 is 0. The average Bonchev–Trinajstić information content (AvgIpc) is 2.58. The summed E-state index contributed by atoms with van der Waals surface area (Å²) in [4.78, 5) is -0.538. The van der Waals surface area contributed by atoms with Crippen LogP contribution in [-0.4, -0.2) is 25.9 Å². The Labute approximate surface area is 166 Å². The van der Waals surface area contributed by atoms with Crippen LogP contribution in [0.25, 0.3) is 12.2 Å². The molecule has 0 atom stereocenters. The normalized spacial score (nSPS) is 13.2. The lowest BCUT2D eigenvalue weighted by molar-refractivity contribution is 0.479. The molecule has 0 fully saturated rings. The van der Waals surface area contributed by atoms with Crippen molar-refractivity contribution in [2.24, 2.45) is 0 Å². The van der Waals surface area contributed by atoms with Gasteiger partial charge in [-0.05, 0) is 53.1 Å². The maximum absolute atomic E-state index is 11.9. The SMILES string of the molecule is CCC(C)(C)c1ccc(C=Cc2ccc(C)cc2S(=O)(=O)O)c(S(=O)(=O)O)c1. The molecule has 0 aliphatic rings. The first kappa shape index (κ1) is 22.3. The summed E-state index contributed by atoms with van der Waals surface area (Å²) in [6.45, 7) is 7.61. The fourth-order valence-electron chi connectivity index (χ4n) is 2.70. The van der Waals surface area contributed by atoms with Crippen molar-refractivity contribution in [3.8, 4) is 0 Å². The molecule has 0 unspecified atom stereocenters. The molecule has 0 radical (unpaired) electrons. The molecule has 0 bridgehead atoms. The van der Waals surface area contributed by atoms with Gasteiger partial charge in [-0.25, -0.2) is 0 Å². The van der Waals surface area contributed by atoms with Gasteiger partial charge < -0.3 is 0 Å². The first-order valence-electron chi connectivity index (χ1n) is 8.64. The Kier molecular flexibility index (Phi) is 6.20. The Morgan fingerprint density at radius 3 is 1.79 bits per heavy atom. The summed E-state index contributed by atoms with van der Waals surface area (Å²) in [5.74, 6) is 0. The lowest BCUT2D eigenvalue weighted by Gasteiger charge is -2.24. The summed E-state index contributed by atoms with van der Waals surface area (Å²) in [5, 5.41) is 0. The molecule has 0 spiro atoms. The van der Waals surface area contributed by atoms with E-state index in [-0.39, 0.29) is 26.3 Å². The molecule has 152 valence electrons. The fraction of sp³-hybridized carbons (Fsp3) is 0.300. The average molecular weight is 425 g/mol. The molecule has 0 aliphatic heterocycles. The van der Waals surface area contributed by atoms with E-state index in [1.165, 1.54) is 30.4 Å². The van der Waals surface area contributed by atoms with E-state index >= 15 is 0 Å². The second-order valence-corrected chi connectivity index (χ2v) is 10.1. The van der Waals surface area contributed by atoms with E-state index in [9.17, 15) is 25.9 Å². The van der Waals surface area contributed by atoms with Crippen molar-refractivity contribution >= 4 is 32.4 Å². The minimum atomic E-state index is -4.49. The number of rotatable bonds is 6. The van der Waals surface area contributed by atoms with E-state index in [1.54, 1.807) is 25.1 Å². The standard InChI is InChI=1S/C20H24O6S2/c1-5-20(3,4)17-11-10-16(19(13-17)28(24,25)26)9-8-15-7-6-14(2)12-18(15)27(21,22)23/h6-13H,5H2,1-4H3,(H,21,22,23)(H,24,25,26). The predicted molar refractivity (Wildman–Crippen MR) is 109 cm³/mol. The third-order valence-electron chi connectivity index (χ3n) is 4.85. The molecule has 0 aromatic heterocycles. The summed E-state index contributed by atoms with van der Waals surface area (Å²) in [5.41, 5.74) is 1.53. The number of aryl methyl sites for hydroxylation is 1. The van der Waals surface area contributed by atoms with E-state index < -0.39 is 20.2 Å². The Hall–Kier alpha value is -2.00. The molecule has 0 saturated heterocycles. The van der Waals surface area contributed by atoms with E-state index in [2.05, 4.69) is 0 Å². The molecule has 0 aliphatic carbocycles. The van der Waals surface area contributed by atoms with Gasteiger partial charge in [-0.3, -0.25) is 9.11 Å². The molecule has 0 heterocycles. The van der Waals surface area contributed by atoms with Crippen molar-refractivity contribution in [3.63, 3.8) is 0 Å². The van der Waals surface area contributed by atoms with Gasteiger partial charge in [0.15, 0.2) is 0 Å². The van der Waals surface area contributed by atoms with Crippen molar-refractivity contribution in [1.29, 1.82) is 0 Å². The van der Waals surface area contributed by atoms with E-state index in [1.807, 2.05) is 20.8 Å². The van der Waals surface area contributed by atoms with Gasteiger partial charge >= 0.3 is 0 Å². The summed E-state index contributed by atoms with van der Waals surface area (Å²) in [6.07, 6.45) is 3.55. The number of benzene rings is 2.